The van der Waals surface area contributed by atoms with Crippen LogP contribution in [-0.4, -0.2) is 15.0 Å². The predicted molar refractivity (Wildman–Crippen MR) is 184 cm³/mol. The Morgan fingerprint density at radius 2 is 0.978 bits per heavy atom. The van der Waals surface area contributed by atoms with Gasteiger partial charge in [-0.05, 0) is 24.3 Å². The number of furan rings is 1. The third kappa shape index (κ3) is 4.27. The number of hydrogen-bond donors (Lipinski definition) is 0. The van der Waals surface area contributed by atoms with Gasteiger partial charge < -0.3 is 4.42 Å². The van der Waals surface area contributed by atoms with Gasteiger partial charge in [0, 0.05) is 49.2 Å². The first kappa shape index (κ1) is 25.4. The van der Waals surface area contributed by atoms with Crippen LogP contribution in [0.25, 0.3) is 88.8 Å². The maximum absolute atomic E-state index is 6.49. The highest BCUT2D eigenvalue weighted by molar-refractivity contribution is 6.24. The van der Waals surface area contributed by atoms with Crippen molar-refractivity contribution in [1.29, 1.82) is 0 Å². The molecule has 0 saturated carbocycles. The SMILES string of the molecule is c1ccc(-c2cc(-c3ccc(-c4nc5ccccc5c5c4ccc4c6ccccc6oc45)cc3)nc(-c3ccccc3)n2)cc1. The second-order valence-corrected chi connectivity index (χ2v) is 11.2. The lowest BCUT2D eigenvalue weighted by Gasteiger charge is -2.12. The van der Waals surface area contributed by atoms with Crippen LogP contribution in [0.5, 0.6) is 0 Å². The van der Waals surface area contributed by atoms with E-state index in [0.29, 0.717) is 5.82 Å². The largest absolute Gasteiger partial charge is 0.455 e. The van der Waals surface area contributed by atoms with Crippen molar-refractivity contribution >= 4 is 43.6 Å². The van der Waals surface area contributed by atoms with Crippen molar-refractivity contribution in [3.63, 3.8) is 0 Å². The number of hydrogen-bond acceptors (Lipinski definition) is 4. The molecule has 0 amide bonds. The second kappa shape index (κ2) is 10.2. The number of para-hydroxylation sites is 2. The Morgan fingerprint density at radius 3 is 1.73 bits per heavy atom. The summed E-state index contributed by atoms with van der Waals surface area (Å²) in [6.07, 6.45) is 0. The lowest BCUT2D eigenvalue weighted by molar-refractivity contribution is 0.673. The first-order valence-corrected chi connectivity index (χ1v) is 15.0. The molecule has 210 valence electrons. The van der Waals surface area contributed by atoms with Gasteiger partial charge >= 0.3 is 0 Å². The first-order valence-electron chi connectivity index (χ1n) is 15.0. The highest BCUT2D eigenvalue weighted by atomic mass is 16.3. The molecule has 0 bridgehead atoms. The molecule has 0 spiro atoms. The second-order valence-electron chi connectivity index (χ2n) is 11.2. The molecule has 3 aromatic heterocycles. The van der Waals surface area contributed by atoms with Gasteiger partial charge in [0.15, 0.2) is 5.82 Å². The first-order chi connectivity index (χ1) is 22.3. The Hall–Kier alpha value is -6.13. The van der Waals surface area contributed by atoms with Gasteiger partial charge in [0.1, 0.15) is 11.2 Å². The van der Waals surface area contributed by atoms with Crippen molar-refractivity contribution in [2.75, 3.05) is 0 Å². The maximum atomic E-state index is 6.49. The van der Waals surface area contributed by atoms with E-state index in [4.69, 9.17) is 19.4 Å². The van der Waals surface area contributed by atoms with E-state index < -0.39 is 0 Å². The summed E-state index contributed by atoms with van der Waals surface area (Å²) in [6, 6.07) is 51.9. The van der Waals surface area contributed by atoms with Gasteiger partial charge in [-0.1, -0.05) is 127 Å². The average Bonchev–Trinajstić information content (AvgIpc) is 3.51. The van der Waals surface area contributed by atoms with Crippen molar-refractivity contribution in [2.24, 2.45) is 0 Å². The van der Waals surface area contributed by atoms with E-state index in [9.17, 15) is 0 Å². The van der Waals surface area contributed by atoms with Crippen molar-refractivity contribution in [1.82, 2.24) is 15.0 Å². The highest BCUT2D eigenvalue weighted by Crippen LogP contribution is 2.40. The number of nitrogens with zero attached hydrogens (tertiary/aromatic N) is 3. The summed E-state index contributed by atoms with van der Waals surface area (Å²) in [5, 5.41) is 5.47. The number of aromatic nitrogens is 3. The summed E-state index contributed by atoms with van der Waals surface area (Å²) >= 11 is 0. The van der Waals surface area contributed by atoms with Gasteiger partial charge in [-0.3, -0.25) is 0 Å². The van der Waals surface area contributed by atoms with Crippen LogP contribution in [0.2, 0.25) is 0 Å². The molecular weight excluding hydrogens is 550 g/mol. The topological polar surface area (TPSA) is 51.8 Å². The van der Waals surface area contributed by atoms with Crippen LogP contribution in [-0.2, 0) is 0 Å². The number of rotatable bonds is 4. The van der Waals surface area contributed by atoms with Gasteiger partial charge in [0.2, 0.25) is 0 Å². The molecule has 0 N–H and O–H groups in total. The minimum absolute atomic E-state index is 0.702. The van der Waals surface area contributed by atoms with Crippen LogP contribution in [0.3, 0.4) is 0 Å². The van der Waals surface area contributed by atoms with Crippen molar-refractivity contribution in [2.45, 2.75) is 0 Å². The zero-order valence-electron chi connectivity index (χ0n) is 24.2. The molecule has 0 aliphatic carbocycles. The minimum atomic E-state index is 0.702. The highest BCUT2D eigenvalue weighted by Gasteiger charge is 2.17. The summed E-state index contributed by atoms with van der Waals surface area (Å²) < 4.78 is 6.49. The molecule has 0 fully saturated rings. The predicted octanol–water partition coefficient (Wildman–Crippen LogP) is 10.7. The molecule has 4 nitrogen and oxygen atoms in total. The number of benzene rings is 6. The molecule has 4 heteroatoms. The van der Waals surface area contributed by atoms with Gasteiger partial charge in [-0.2, -0.15) is 0 Å². The fraction of sp³-hybridized carbons (Fsp3) is 0. The fourth-order valence-electron chi connectivity index (χ4n) is 6.30. The molecule has 9 aromatic rings. The van der Waals surface area contributed by atoms with Crippen molar-refractivity contribution in [3.8, 4) is 45.2 Å². The minimum Gasteiger partial charge on any atom is -0.455 e. The van der Waals surface area contributed by atoms with Crippen LogP contribution in [0, 0.1) is 0 Å². The molecule has 0 unspecified atom stereocenters. The summed E-state index contributed by atoms with van der Waals surface area (Å²) in [7, 11) is 0. The maximum Gasteiger partial charge on any atom is 0.160 e. The summed E-state index contributed by atoms with van der Waals surface area (Å²) in [5.74, 6) is 0.702. The molecular formula is C41H25N3O. The molecule has 9 rings (SSSR count). The van der Waals surface area contributed by atoms with Crippen LogP contribution in [0.15, 0.2) is 156 Å². The van der Waals surface area contributed by atoms with Gasteiger partial charge in [0.25, 0.3) is 0 Å². The van der Waals surface area contributed by atoms with Crippen molar-refractivity contribution in [3.05, 3.63) is 152 Å². The molecule has 45 heavy (non-hydrogen) atoms. The monoisotopic (exact) mass is 575 g/mol. The smallest absolute Gasteiger partial charge is 0.160 e. The standard InChI is InChI=1S/C41H25N3O/c1-3-11-26(12-4-1)35-25-36(44-41(43-35)29-13-5-2-6-14-29)27-19-21-28(22-20-27)39-33-24-23-31-30-15-8-10-18-37(30)45-40(31)38(33)32-16-7-9-17-34(32)42-39/h1-25H. The van der Waals surface area contributed by atoms with E-state index in [1.165, 1.54) is 0 Å². The van der Waals surface area contributed by atoms with Gasteiger partial charge in [0.05, 0.1) is 22.6 Å². The number of fused-ring (bicyclic) bond motifs is 7. The Kier molecular flexibility index (Phi) is 5.78. The Bertz CT molecular complexity index is 2460. The molecule has 3 heterocycles. The van der Waals surface area contributed by atoms with Crippen LogP contribution in [0.4, 0.5) is 0 Å². The van der Waals surface area contributed by atoms with E-state index in [0.717, 1.165) is 82.9 Å². The molecule has 6 aromatic carbocycles. The third-order valence-corrected chi connectivity index (χ3v) is 8.49. The molecule has 0 aliphatic rings. The molecule has 0 aliphatic heterocycles. The van der Waals surface area contributed by atoms with E-state index in [1.54, 1.807) is 0 Å². The van der Waals surface area contributed by atoms with E-state index in [-0.39, 0.29) is 0 Å². The van der Waals surface area contributed by atoms with Crippen LogP contribution in [0.1, 0.15) is 0 Å². The molecule has 0 radical (unpaired) electrons. The lowest BCUT2D eigenvalue weighted by atomic mass is 9.97. The molecule has 0 atom stereocenters. The zero-order chi connectivity index (χ0) is 29.7. The zero-order valence-corrected chi connectivity index (χ0v) is 24.2. The number of pyridine rings is 1. The van der Waals surface area contributed by atoms with Gasteiger partial charge in [-0.15, -0.1) is 0 Å². The van der Waals surface area contributed by atoms with E-state index in [2.05, 4.69) is 84.9 Å². The van der Waals surface area contributed by atoms with E-state index >= 15 is 0 Å². The Labute approximate surface area is 259 Å². The Balaban J connectivity index is 1.21. The van der Waals surface area contributed by atoms with Crippen molar-refractivity contribution < 1.29 is 4.42 Å². The summed E-state index contributed by atoms with van der Waals surface area (Å²) in [4.78, 5) is 15.1. The summed E-state index contributed by atoms with van der Waals surface area (Å²) in [6.45, 7) is 0. The summed E-state index contributed by atoms with van der Waals surface area (Å²) in [5.41, 5.74) is 9.49. The van der Waals surface area contributed by atoms with Gasteiger partial charge in [-0.25, -0.2) is 15.0 Å². The normalized spacial score (nSPS) is 11.6. The third-order valence-electron chi connectivity index (χ3n) is 8.49. The van der Waals surface area contributed by atoms with Crippen LogP contribution >= 0.6 is 0 Å². The molecule has 0 saturated heterocycles. The Morgan fingerprint density at radius 1 is 0.400 bits per heavy atom. The van der Waals surface area contributed by atoms with Crippen LogP contribution < -0.4 is 0 Å². The van der Waals surface area contributed by atoms with E-state index in [1.807, 2.05) is 66.7 Å². The fourth-order valence-corrected chi connectivity index (χ4v) is 6.30. The average molecular weight is 576 g/mol. The lowest BCUT2D eigenvalue weighted by Crippen LogP contribution is -1.96. The quantitative estimate of drug-likeness (QED) is 0.196.